The first-order valence-electron chi connectivity index (χ1n) is 8.04. The van der Waals surface area contributed by atoms with Crippen LogP contribution in [0, 0.1) is 5.82 Å². The van der Waals surface area contributed by atoms with Gasteiger partial charge in [-0.05, 0) is 23.8 Å². The molecule has 1 N–H and O–H groups in total. The minimum Gasteiger partial charge on any atom is -0.455 e. The Bertz CT molecular complexity index is 844. The van der Waals surface area contributed by atoms with Crippen molar-refractivity contribution in [2.75, 3.05) is 25.5 Å². The van der Waals surface area contributed by atoms with Crippen molar-refractivity contribution < 1.29 is 23.5 Å². The van der Waals surface area contributed by atoms with Gasteiger partial charge in [-0.15, -0.1) is 0 Å². The Morgan fingerprint density at radius 3 is 2.48 bits per heavy atom. The fourth-order valence-corrected chi connectivity index (χ4v) is 2.34. The summed E-state index contributed by atoms with van der Waals surface area (Å²) in [6.07, 6.45) is -0.281. The Morgan fingerprint density at radius 1 is 1.11 bits per heavy atom. The molecular formula is C19H18ClFN2O4. The second-order valence-corrected chi connectivity index (χ2v) is 6.11. The topological polar surface area (TPSA) is 75.7 Å². The van der Waals surface area contributed by atoms with E-state index in [-0.39, 0.29) is 18.5 Å². The van der Waals surface area contributed by atoms with E-state index in [4.69, 9.17) is 16.3 Å². The lowest BCUT2D eigenvalue weighted by molar-refractivity contribution is -0.151. The van der Waals surface area contributed by atoms with Gasteiger partial charge < -0.3 is 15.0 Å². The van der Waals surface area contributed by atoms with Crippen molar-refractivity contribution >= 4 is 35.1 Å². The summed E-state index contributed by atoms with van der Waals surface area (Å²) in [6, 6.07) is 12.5. The first kappa shape index (κ1) is 20.4. The van der Waals surface area contributed by atoms with Gasteiger partial charge in [-0.1, -0.05) is 41.9 Å². The molecule has 2 amide bonds. The van der Waals surface area contributed by atoms with E-state index in [9.17, 15) is 18.8 Å². The fourth-order valence-electron chi connectivity index (χ4n) is 2.16. The van der Waals surface area contributed by atoms with Gasteiger partial charge in [0.2, 0.25) is 5.91 Å². The molecule has 2 rings (SSSR count). The Balaban J connectivity index is 1.78. The Hall–Kier alpha value is -2.93. The second-order valence-electron chi connectivity index (χ2n) is 5.71. The highest BCUT2D eigenvalue weighted by molar-refractivity contribution is 6.33. The third-order valence-electron chi connectivity index (χ3n) is 3.60. The van der Waals surface area contributed by atoms with Gasteiger partial charge >= 0.3 is 5.97 Å². The van der Waals surface area contributed by atoms with Crippen molar-refractivity contribution in [2.24, 2.45) is 0 Å². The van der Waals surface area contributed by atoms with Crippen LogP contribution in [0.15, 0.2) is 48.5 Å². The van der Waals surface area contributed by atoms with E-state index in [2.05, 4.69) is 5.32 Å². The van der Waals surface area contributed by atoms with Crippen LogP contribution in [0.4, 0.5) is 10.1 Å². The zero-order chi connectivity index (χ0) is 19.8. The quantitative estimate of drug-likeness (QED) is 0.735. The number of anilines is 1. The fraction of sp³-hybridized carbons (Fsp3) is 0.211. The molecule has 0 aliphatic carbocycles. The average molecular weight is 393 g/mol. The molecule has 0 saturated carbocycles. The van der Waals surface area contributed by atoms with Crippen LogP contribution < -0.4 is 5.32 Å². The van der Waals surface area contributed by atoms with E-state index in [0.717, 1.165) is 4.90 Å². The number of nitrogens with zero attached hydrogens (tertiary/aromatic N) is 1. The molecule has 0 spiro atoms. The second kappa shape index (κ2) is 9.68. The number of rotatable bonds is 7. The lowest BCUT2D eigenvalue weighted by Gasteiger charge is -2.17. The molecule has 8 heteroatoms. The molecule has 2 aromatic rings. The summed E-state index contributed by atoms with van der Waals surface area (Å²) in [5.41, 5.74) is 0.615. The number of amides is 2. The monoisotopic (exact) mass is 392 g/mol. The van der Waals surface area contributed by atoms with Crippen LogP contribution >= 0.6 is 11.6 Å². The van der Waals surface area contributed by atoms with Gasteiger partial charge in [0.1, 0.15) is 5.82 Å². The summed E-state index contributed by atoms with van der Waals surface area (Å²) >= 11 is 5.95. The third-order valence-corrected chi connectivity index (χ3v) is 3.93. The molecule has 0 saturated heterocycles. The van der Waals surface area contributed by atoms with Crippen molar-refractivity contribution in [1.29, 1.82) is 0 Å². The first-order chi connectivity index (χ1) is 12.9. The highest BCUT2D eigenvalue weighted by atomic mass is 35.5. The summed E-state index contributed by atoms with van der Waals surface area (Å²) in [6.45, 7) is -0.780. The summed E-state index contributed by atoms with van der Waals surface area (Å²) in [4.78, 5) is 36.8. The zero-order valence-corrected chi connectivity index (χ0v) is 15.3. The van der Waals surface area contributed by atoms with Crippen molar-refractivity contribution in [3.8, 4) is 0 Å². The molecule has 6 nitrogen and oxygen atoms in total. The lowest BCUT2D eigenvalue weighted by atomic mass is 10.1. The molecule has 0 atom stereocenters. The minimum atomic E-state index is -0.734. The number of likely N-dealkylation sites (N-methyl/N-ethyl adjacent to an activating group) is 1. The SMILES string of the molecule is CN(CC(=O)Nc1ccccc1Cl)C(=O)COC(=O)Cc1ccccc1F. The van der Waals surface area contributed by atoms with Gasteiger partial charge in [-0.2, -0.15) is 0 Å². The van der Waals surface area contributed by atoms with Gasteiger partial charge in [-0.25, -0.2) is 4.39 Å². The molecular weight excluding hydrogens is 375 g/mol. The van der Waals surface area contributed by atoms with Gasteiger partial charge in [-0.3, -0.25) is 14.4 Å². The maximum atomic E-state index is 13.5. The Labute approximate surface area is 160 Å². The van der Waals surface area contributed by atoms with Crippen molar-refractivity contribution in [3.63, 3.8) is 0 Å². The number of hydrogen-bond acceptors (Lipinski definition) is 4. The van der Waals surface area contributed by atoms with Crippen LogP contribution in [0.2, 0.25) is 5.02 Å². The summed E-state index contributed by atoms with van der Waals surface area (Å²) in [7, 11) is 1.40. The van der Waals surface area contributed by atoms with Crippen LogP contribution in [0.3, 0.4) is 0 Å². The number of nitrogens with one attached hydrogen (secondary N) is 1. The van der Waals surface area contributed by atoms with E-state index in [1.54, 1.807) is 30.3 Å². The number of carbonyl (C=O) groups excluding carboxylic acids is 3. The molecule has 2 aromatic carbocycles. The Morgan fingerprint density at radius 2 is 1.78 bits per heavy atom. The van der Waals surface area contributed by atoms with Crippen molar-refractivity contribution in [2.45, 2.75) is 6.42 Å². The predicted molar refractivity (Wildman–Crippen MR) is 98.8 cm³/mol. The number of hydrogen-bond donors (Lipinski definition) is 1. The molecule has 0 aliphatic rings. The van der Waals surface area contributed by atoms with E-state index < -0.39 is 30.2 Å². The highest BCUT2D eigenvalue weighted by Crippen LogP contribution is 2.20. The number of esters is 1. The van der Waals surface area contributed by atoms with Crippen LogP contribution in [0.1, 0.15) is 5.56 Å². The summed E-state index contributed by atoms with van der Waals surface area (Å²) in [5, 5.41) is 2.96. The van der Waals surface area contributed by atoms with Gasteiger partial charge in [0, 0.05) is 7.05 Å². The lowest BCUT2D eigenvalue weighted by Crippen LogP contribution is -2.37. The number of benzene rings is 2. The number of para-hydroxylation sites is 1. The average Bonchev–Trinajstić information content (AvgIpc) is 2.63. The maximum absolute atomic E-state index is 13.5. The smallest absolute Gasteiger partial charge is 0.310 e. The molecule has 0 aromatic heterocycles. The summed E-state index contributed by atoms with van der Waals surface area (Å²) < 4.78 is 18.3. The Kier molecular flexibility index (Phi) is 7.31. The standard InChI is InChI=1S/C19H18ClFN2O4/c1-23(11-17(24)22-16-9-5-3-7-14(16)20)18(25)12-27-19(26)10-13-6-2-4-8-15(13)21/h2-9H,10-12H2,1H3,(H,22,24). The van der Waals surface area contributed by atoms with E-state index in [0.29, 0.717) is 10.7 Å². The van der Waals surface area contributed by atoms with E-state index in [1.807, 2.05) is 0 Å². The van der Waals surface area contributed by atoms with Crippen molar-refractivity contribution in [3.05, 3.63) is 64.9 Å². The number of carbonyl (C=O) groups is 3. The van der Waals surface area contributed by atoms with Crippen molar-refractivity contribution in [1.82, 2.24) is 4.90 Å². The molecule has 0 bridgehead atoms. The highest BCUT2D eigenvalue weighted by Gasteiger charge is 2.16. The zero-order valence-electron chi connectivity index (χ0n) is 14.6. The number of halogens is 2. The van der Waals surface area contributed by atoms with Gasteiger partial charge in [0.15, 0.2) is 6.61 Å². The van der Waals surface area contributed by atoms with Crippen LogP contribution in [0.25, 0.3) is 0 Å². The predicted octanol–water partition coefficient (Wildman–Crippen LogP) is 2.66. The van der Waals surface area contributed by atoms with Crippen LogP contribution in [-0.4, -0.2) is 42.9 Å². The molecule has 142 valence electrons. The number of ether oxygens (including phenoxy) is 1. The van der Waals surface area contributed by atoms with E-state index in [1.165, 1.54) is 25.2 Å². The maximum Gasteiger partial charge on any atom is 0.310 e. The van der Waals surface area contributed by atoms with Crippen LogP contribution in [0.5, 0.6) is 0 Å². The van der Waals surface area contributed by atoms with Gasteiger partial charge in [0.05, 0.1) is 23.7 Å². The van der Waals surface area contributed by atoms with E-state index >= 15 is 0 Å². The first-order valence-corrected chi connectivity index (χ1v) is 8.42. The minimum absolute atomic E-state index is 0.183. The third kappa shape index (κ3) is 6.38. The molecule has 0 unspecified atom stereocenters. The normalized spacial score (nSPS) is 10.2. The molecule has 0 fully saturated rings. The summed E-state index contributed by atoms with van der Waals surface area (Å²) in [5.74, 6) is -2.26. The molecule has 27 heavy (non-hydrogen) atoms. The largest absolute Gasteiger partial charge is 0.455 e. The van der Waals surface area contributed by atoms with Gasteiger partial charge in [0.25, 0.3) is 5.91 Å². The molecule has 0 heterocycles. The molecule has 0 radical (unpaired) electrons. The molecule has 0 aliphatic heterocycles. The van der Waals surface area contributed by atoms with Crippen LogP contribution in [-0.2, 0) is 25.5 Å².